The van der Waals surface area contributed by atoms with E-state index in [0.29, 0.717) is 50.5 Å². The van der Waals surface area contributed by atoms with Crippen LogP contribution in [0.15, 0.2) is 78.9 Å². The van der Waals surface area contributed by atoms with Crippen LogP contribution in [0.2, 0.25) is 0 Å². The molecule has 3 aromatic rings. The van der Waals surface area contributed by atoms with Crippen molar-refractivity contribution in [3.8, 4) is 0 Å². The standard InChI is InChI=1S/C32H40N4O3/c1-3-34-27-18-26(19-28(20-27)36-16-10-15-31(36)38)32(39)35-29(17-24-11-6-4-7-12-24)30(37)22-33-21-23(2)25-13-8-5-9-14-25/h4-9,11-14,18-20,23,29-30,33-34,37H,3,10,15-17,21-22H2,1-2H3,(H,35,39)/t23?,29-,30+/m0/s1. The Bertz CT molecular complexity index is 1220. The number of hydrogen-bond donors (Lipinski definition) is 4. The first-order valence-electron chi connectivity index (χ1n) is 13.9. The van der Waals surface area contributed by atoms with Gasteiger partial charge >= 0.3 is 0 Å². The zero-order valence-electron chi connectivity index (χ0n) is 22.9. The number of amides is 2. The second-order valence-electron chi connectivity index (χ2n) is 10.3. The first-order chi connectivity index (χ1) is 18.9. The van der Waals surface area contributed by atoms with Gasteiger partial charge in [0.15, 0.2) is 0 Å². The van der Waals surface area contributed by atoms with Gasteiger partial charge in [0.1, 0.15) is 0 Å². The second kappa shape index (κ2) is 13.9. The van der Waals surface area contributed by atoms with Gasteiger partial charge in [0, 0.05) is 49.5 Å². The summed E-state index contributed by atoms with van der Waals surface area (Å²) in [5, 5.41) is 21.0. The molecule has 0 aromatic heterocycles. The number of nitrogens with zero attached hydrogens (tertiary/aromatic N) is 1. The van der Waals surface area contributed by atoms with Crippen molar-refractivity contribution in [3.05, 3.63) is 95.6 Å². The predicted octanol–water partition coefficient (Wildman–Crippen LogP) is 4.34. The monoisotopic (exact) mass is 528 g/mol. The first-order valence-corrected chi connectivity index (χ1v) is 13.9. The number of nitrogens with one attached hydrogen (secondary N) is 3. The van der Waals surface area contributed by atoms with Crippen molar-refractivity contribution >= 4 is 23.2 Å². The Labute approximate surface area is 231 Å². The molecule has 0 saturated carbocycles. The SMILES string of the molecule is CCNc1cc(C(=O)N[C@@H](Cc2ccccc2)[C@H](O)CNCC(C)c2ccccc2)cc(N2CCCC2=O)c1. The van der Waals surface area contributed by atoms with Gasteiger partial charge in [-0.15, -0.1) is 0 Å². The summed E-state index contributed by atoms with van der Waals surface area (Å²) in [6, 6.07) is 25.1. The number of carbonyl (C=O) groups excluding carboxylic acids is 2. The molecule has 7 nitrogen and oxygen atoms in total. The number of hydrogen-bond acceptors (Lipinski definition) is 5. The summed E-state index contributed by atoms with van der Waals surface area (Å²) < 4.78 is 0. The smallest absolute Gasteiger partial charge is 0.251 e. The van der Waals surface area contributed by atoms with Crippen LogP contribution in [0.1, 0.15) is 54.1 Å². The Kier molecular flexibility index (Phi) is 10.1. The van der Waals surface area contributed by atoms with Gasteiger partial charge in [-0.3, -0.25) is 9.59 Å². The van der Waals surface area contributed by atoms with Crippen LogP contribution in [-0.2, 0) is 11.2 Å². The molecule has 1 heterocycles. The van der Waals surface area contributed by atoms with E-state index >= 15 is 0 Å². The molecule has 0 bridgehead atoms. The maximum absolute atomic E-state index is 13.5. The Hall–Kier alpha value is -3.68. The van der Waals surface area contributed by atoms with Crippen LogP contribution in [0.3, 0.4) is 0 Å². The molecule has 3 aromatic carbocycles. The summed E-state index contributed by atoms with van der Waals surface area (Å²) in [5.74, 6) is 0.0876. The molecular weight excluding hydrogens is 488 g/mol. The Morgan fingerprint density at radius 1 is 1.00 bits per heavy atom. The quantitative estimate of drug-likeness (QED) is 0.265. The maximum atomic E-state index is 13.5. The molecule has 0 aliphatic carbocycles. The Balaban J connectivity index is 1.48. The van der Waals surface area contributed by atoms with E-state index in [4.69, 9.17) is 0 Å². The Morgan fingerprint density at radius 3 is 2.38 bits per heavy atom. The number of aliphatic hydroxyl groups excluding tert-OH is 1. The van der Waals surface area contributed by atoms with Gasteiger partial charge in [0.2, 0.25) is 5.91 Å². The van der Waals surface area contributed by atoms with E-state index in [0.717, 1.165) is 23.4 Å². The highest BCUT2D eigenvalue weighted by Gasteiger charge is 2.26. The molecule has 39 heavy (non-hydrogen) atoms. The van der Waals surface area contributed by atoms with Crippen molar-refractivity contribution in [2.75, 3.05) is 36.4 Å². The molecule has 0 spiro atoms. The lowest BCUT2D eigenvalue weighted by Gasteiger charge is -2.26. The van der Waals surface area contributed by atoms with E-state index in [1.807, 2.05) is 61.5 Å². The lowest BCUT2D eigenvalue weighted by Crippen LogP contribution is -2.49. The van der Waals surface area contributed by atoms with Crippen molar-refractivity contribution < 1.29 is 14.7 Å². The topological polar surface area (TPSA) is 93.7 Å². The van der Waals surface area contributed by atoms with Crippen molar-refractivity contribution in [2.45, 2.75) is 51.2 Å². The molecule has 0 radical (unpaired) electrons. The van der Waals surface area contributed by atoms with E-state index in [1.165, 1.54) is 5.56 Å². The van der Waals surface area contributed by atoms with Crippen LogP contribution in [-0.4, -0.2) is 55.2 Å². The van der Waals surface area contributed by atoms with Gasteiger partial charge < -0.3 is 26.0 Å². The lowest BCUT2D eigenvalue weighted by molar-refractivity contribution is -0.117. The van der Waals surface area contributed by atoms with Crippen LogP contribution >= 0.6 is 0 Å². The minimum atomic E-state index is -0.797. The van der Waals surface area contributed by atoms with E-state index in [9.17, 15) is 14.7 Å². The van der Waals surface area contributed by atoms with Gasteiger partial charge in [-0.05, 0) is 55.0 Å². The zero-order valence-corrected chi connectivity index (χ0v) is 22.9. The summed E-state index contributed by atoms with van der Waals surface area (Å²) in [7, 11) is 0. The minimum Gasteiger partial charge on any atom is -0.390 e. The number of carbonyl (C=O) groups is 2. The molecular formula is C32H40N4O3. The fourth-order valence-corrected chi connectivity index (χ4v) is 5.02. The van der Waals surface area contributed by atoms with Crippen LogP contribution in [0.25, 0.3) is 0 Å². The molecule has 7 heteroatoms. The largest absolute Gasteiger partial charge is 0.390 e. The zero-order chi connectivity index (χ0) is 27.6. The van der Waals surface area contributed by atoms with Gasteiger partial charge in [-0.25, -0.2) is 0 Å². The summed E-state index contributed by atoms with van der Waals surface area (Å²) in [6.45, 7) is 6.55. The number of rotatable bonds is 13. The summed E-state index contributed by atoms with van der Waals surface area (Å²) in [5.41, 5.74) is 4.24. The fourth-order valence-electron chi connectivity index (χ4n) is 5.02. The van der Waals surface area contributed by atoms with Crippen molar-refractivity contribution in [1.82, 2.24) is 10.6 Å². The fraction of sp³-hybridized carbons (Fsp3) is 0.375. The molecule has 1 aliphatic rings. The van der Waals surface area contributed by atoms with E-state index in [1.54, 1.807) is 17.0 Å². The molecule has 1 aliphatic heterocycles. The number of aliphatic hydroxyl groups is 1. The average Bonchev–Trinajstić information content (AvgIpc) is 3.39. The summed E-state index contributed by atoms with van der Waals surface area (Å²) in [6.07, 6.45) is 1.03. The van der Waals surface area contributed by atoms with Gasteiger partial charge in [0.05, 0.1) is 12.1 Å². The van der Waals surface area contributed by atoms with Gasteiger partial charge in [-0.2, -0.15) is 0 Å². The molecule has 3 atom stereocenters. The highest BCUT2D eigenvalue weighted by Crippen LogP contribution is 2.27. The van der Waals surface area contributed by atoms with Crippen LogP contribution < -0.4 is 20.9 Å². The molecule has 1 unspecified atom stereocenters. The Morgan fingerprint density at radius 2 is 1.72 bits per heavy atom. The number of benzene rings is 3. The number of anilines is 2. The third kappa shape index (κ3) is 7.91. The normalized spacial score (nSPS) is 15.6. The first kappa shape index (κ1) is 28.3. The molecule has 4 rings (SSSR count). The second-order valence-corrected chi connectivity index (χ2v) is 10.3. The van der Waals surface area contributed by atoms with E-state index in [2.05, 4.69) is 35.0 Å². The van der Waals surface area contributed by atoms with Gasteiger partial charge in [0.25, 0.3) is 5.91 Å². The van der Waals surface area contributed by atoms with Crippen molar-refractivity contribution in [3.63, 3.8) is 0 Å². The van der Waals surface area contributed by atoms with E-state index < -0.39 is 12.1 Å². The predicted molar refractivity (Wildman–Crippen MR) is 157 cm³/mol. The van der Waals surface area contributed by atoms with E-state index in [-0.39, 0.29) is 11.8 Å². The van der Waals surface area contributed by atoms with Crippen molar-refractivity contribution in [2.24, 2.45) is 0 Å². The molecule has 1 fully saturated rings. The molecule has 1 saturated heterocycles. The highest BCUT2D eigenvalue weighted by molar-refractivity contribution is 6.00. The third-order valence-electron chi connectivity index (χ3n) is 7.20. The third-order valence-corrected chi connectivity index (χ3v) is 7.20. The van der Waals surface area contributed by atoms with Crippen molar-refractivity contribution in [1.29, 1.82) is 0 Å². The lowest BCUT2D eigenvalue weighted by atomic mass is 9.99. The summed E-state index contributed by atoms with van der Waals surface area (Å²) in [4.78, 5) is 27.7. The van der Waals surface area contributed by atoms with Crippen LogP contribution in [0.4, 0.5) is 11.4 Å². The highest BCUT2D eigenvalue weighted by atomic mass is 16.3. The van der Waals surface area contributed by atoms with Gasteiger partial charge in [-0.1, -0.05) is 67.6 Å². The molecule has 2 amide bonds. The minimum absolute atomic E-state index is 0.0724. The van der Waals surface area contributed by atoms with Crippen LogP contribution in [0.5, 0.6) is 0 Å². The van der Waals surface area contributed by atoms with Crippen LogP contribution in [0, 0.1) is 0 Å². The average molecular weight is 529 g/mol. The molecule has 206 valence electrons. The summed E-state index contributed by atoms with van der Waals surface area (Å²) >= 11 is 0. The molecule has 4 N–H and O–H groups in total. The maximum Gasteiger partial charge on any atom is 0.251 e.